The molecule has 1 saturated carbocycles. The van der Waals surface area contributed by atoms with Crippen molar-refractivity contribution in [2.24, 2.45) is 11.8 Å². The molecule has 0 aromatic heterocycles. The predicted octanol–water partition coefficient (Wildman–Crippen LogP) is 2.81. The molecule has 1 aliphatic heterocycles. The highest BCUT2D eigenvalue weighted by atomic mass is 16.2. The van der Waals surface area contributed by atoms with E-state index in [1.54, 1.807) is 0 Å². The Balaban J connectivity index is 1.57. The molecule has 2 atom stereocenters. The van der Waals surface area contributed by atoms with Crippen molar-refractivity contribution in [1.82, 2.24) is 4.90 Å². The summed E-state index contributed by atoms with van der Waals surface area (Å²) in [5.41, 5.74) is 3.03. The van der Waals surface area contributed by atoms with Crippen molar-refractivity contribution in [3.63, 3.8) is 0 Å². The third-order valence-electron chi connectivity index (χ3n) is 5.29. The van der Waals surface area contributed by atoms with Crippen molar-refractivity contribution in [1.29, 1.82) is 0 Å². The third kappa shape index (κ3) is 3.21. The molecule has 5 nitrogen and oxygen atoms in total. The summed E-state index contributed by atoms with van der Waals surface area (Å²) in [6.45, 7) is 4.20. The Labute approximate surface area is 142 Å². The van der Waals surface area contributed by atoms with Crippen LogP contribution in [0.3, 0.4) is 0 Å². The van der Waals surface area contributed by atoms with Gasteiger partial charge in [-0.05, 0) is 49.9 Å². The van der Waals surface area contributed by atoms with Crippen LogP contribution >= 0.6 is 0 Å². The summed E-state index contributed by atoms with van der Waals surface area (Å²) in [6, 6.07) is 5.75. The van der Waals surface area contributed by atoms with Gasteiger partial charge in [0, 0.05) is 18.7 Å². The first-order valence-corrected chi connectivity index (χ1v) is 8.69. The summed E-state index contributed by atoms with van der Waals surface area (Å²) in [7, 11) is 0. The second-order valence-corrected chi connectivity index (χ2v) is 6.92. The van der Waals surface area contributed by atoms with Gasteiger partial charge in [-0.15, -0.1) is 0 Å². The lowest BCUT2D eigenvalue weighted by atomic mass is 9.81. The molecule has 3 amide bonds. The van der Waals surface area contributed by atoms with E-state index in [9.17, 15) is 14.4 Å². The maximum absolute atomic E-state index is 12.4. The molecule has 0 bridgehead atoms. The normalized spacial score (nSPS) is 23.3. The smallest absolute Gasteiger partial charge is 0.233 e. The zero-order valence-electron chi connectivity index (χ0n) is 14.3. The molecule has 2 fully saturated rings. The van der Waals surface area contributed by atoms with E-state index in [2.05, 4.69) is 5.32 Å². The fraction of sp³-hybridized carbons (Fsp3) is 0.526. The van der Waals surface area contributed by atoms with Crippen LogP contribution in [0.5, 0.6) is 0 Å². The van der Waals surface area contributed by atoms with Crippen molar-refractivity contribution < 1.29 is 14.4 Å². The first-order chi connectivity index (χ1) is 11.5. The molecule has 1 aromatic carbocycles. The Morgan fingerprint density at radius 2 is 1.71 bits per heavy atom. The van der Waals surface area contributed by atoms with Crippen LogP contribution in [0.15, 0.2) is 18.2 Å². The number of fused-ring (bicyclic) bond motifs is 1. The van der Waals surface area contributed by atoms with E-state index in [0.717, 1.165) is 36.9 Å². The minimum atomic E-state index is -0.172. The summed E-state index contributed by atoms with van der Waals surface area (Å²) in [5, 5.41) is 2.84. The maximum atomic E-state index is 12.4. The molecule has 3 rings (SSSR count). The monoisotopic (exact) mass is 328 g/mol. The average molecular weight is 328 g/mol. The average Bonchev–Trinajstić information content (AvgIpc) is 2.81. The van der Waals surface area contributed by atoms with Gasteiger partial charge in [-0.2, -0.15) is 0 Å². The molecule has 1 N–H and O–H groups in total. The van der Waals surface area contributed by atoms with Crippen LogP contribution in [-0.2, 0) is 14.4 Å². The van der Waals surface area contributed by atoms with E-state index in [4.69, 9.17) is 0 Å². The molecular weight excluding hydrogens is 304 g/mol. The van der Waals surface area contributed by atoms with Gasteiger partial charge in [-0.1, -0.05) is 18.9 Å². The highest BCUT2D eigenvalue weighted by Gasteiger charge is 2.47. The van der Waals surface area contributed by atoms with Crippen LogP contribution < -0.4 is 5.32 Å². The highest BCUT2D eigenvalue weighted by molar-refractivity contribution is 6.05. The zero-order valence-corrected chi connectivity index (χ0v) is 14.3. The Hall–Kier alpha value is -2.17. The van der Waals surface area contributed by atoms with Crippen molar-refractivity contribution in [3.05, 3.63) is 29.3 Å². The lowest BCUT2D eigenvalue weighted by molar-refractivity contribution is -0.140. The largest absolute Gasteiger partial charge is 0.326 e. The number of imide groups is 1. The zero-order chi connectivity index (χ0) is 17.3. The summed E-state index contributed by atoms with van der Waals surface area (Å²) in [6.07, 6.45) is 3.79. The second-order valence-electron chi connectivity index (χ2n) is 6.92. The van der Waals surface area contributed by atoms with E-state index in [0.29, 0.717) is 0 Å². The lowest BCUT2D eigenvalue weighted by Crippen LogP contribution is -2.34. The molecule has 1 aromatic rings. The fourth-order valence-electron chi connectivity index (χ4n) is 3.71. The van der Waals surface area contributed by atoms with Crippen molar-refractivity contribution >= 4 is 23.4 Å². The van der Waals surface area contributed by atoms with E-state index >= 15 is 0 Å². The number of rotatable bonds is 4. The SMILES string of the molecule is Cc1ccc(NC(=O)CCN2C(=O)C3CCCCC3C2=O)cc1C. The predicted molar refractivity (Wildman–Crippen MR) is 91.3 cm³/mol. The number of carbonyl (C=O) groups is 3. The molecule has 0 spiro atoms. The molecule has 1 heterocycles. The minimum absolute atomic E-state index is 0.0799. The Kier molecular flexibility index (Phi) is 4.69. The molecule has 1 aliphatic carbocycles. The maximum Gasteiger partial charge on any atom is 0.233 e. The number of amides is 3. The van der Waals surface area contributed by atoms with Gasteiger partial charge in [-0.25, -0.2) is 0 Å². The van der Waals surface area contributed by atoms with Crippen LogP contribution in [0.1, 0.15) is 43.2 Å². The van der Waals surface area contributed by atoms with Crippen molar-refractivity contribution in [2.45, 2.75) is 46.0 Å². The first kappa shape index (κ1) is 16.7. The summed E-state index contributed by atoms with van der Waals surface area (Å²) in [5.74, 6) is -0.621. The number of nitrogens with one attached hydrogen (secondary N) is 1. The van der Waals surface area contributed by atoms with Crippen LogP contribution in [-0.4, -0.2) is 29.2 Å². The van der Waals surface area contributed by atoms with E-state index in [-0.39, 0.29) is 42.5 Å². The van der Waals surface area contributed by atoms with Gasteiger partial charge < -0.3 is 5.32 Å². The van der Waals surface area contributed by atoms with Crippen LogP contribution in [0.4, 0.5) is 5.69 Å². The van der Waals surface area contributed by atoms with E-state index in [1.165, 1.54) is 10.5 Å². The number of carbonyl (C=O) groups excluding carboxylic acids is 3. The van der Waals surface area contributed by atoms with Gasteiger partial charge in [-0.3, -0.25) is 19.3 Å². The van der Waals surface area contributed by atoms with Gasteiger partial charge in [0.25, 0.3) is 0 Å². The summed E-state index contributed by atoms with van der Waals surface area (Å²) < 4.78 is 0. The molecular formula is C19H24N2O3. The molecule has 2 aliphatic rings. The Morgan fingerprint density at radius 1 is 1.08 bits per heavy atom. The van der Waals surface area contributed by atoms with E-state index in [1.807, 2.05) is 32.0 Å². The number of benzene rings is 1. The number of nitrogens with zero attached hydrogens (tertiary/aromatic N) is 1. The number of anilines is 1. The molecule has 24 heavy (non-hydrogen) atoms. The summed E-state index contributed by atoms with van der Waals surface area (Å²) in [4.78, 5) is 38.2. The van der Waals surface area contributed by atoms with E-state index < -0.39 is 0 Å². The van der Waals surface area contributed by atoms with Crippen molar-refractivity contribution in [3.8, 4) is 0 Å². The molecule has 0 radical (unpaired) electrons. The van der Waals surface area contributed by atoms with Gasteiger partial charge in [0.15, 0.2) is 0 Å². The van der Waals surface area contributed by atoms with Gasteiger partial charge >= 0.3 is 0 Å². The first-order valence-electron chi connectivity index (χ1n) is 8.69. The molecule has 5 heteroatoms. The second kappa shape index (κ2) is 6.75. The van der Waals surface area contributed by atoms with Gasteiger partial charge in [0.2, 0.25) is 17.7 Å². The summed E-state index contributed by atoms with van der Waals surface area (Å²) >= 11 is 0. The molecule has 1 saturated heterocycles. The number of likely N-dealkylation sites (tertiary alicyclic amines) is 1. The quantitative estimate of drug-likeness (QED) is 0.864. The highest BCUT2D eigenvalue weighted by Crippen LogP contribution is 2.37. The standard InChI is InChI=1S/C19H24N2O3/c1-12-7-8-14(11-13(12)2)20-17(22)9-10-21-18(23)15-5-3-4-6-16(15)19(21)24/h7-8,11,15-16H,3-6,9-10H2,1-2H3,(H,20,22). The molecule has 128 valence electrons. The topological polar surface area (TPSA) is 66.5 Å². The van der Waals surface area contributed by atoms with Crippen LogP contribution in [0.25, 0.3) is 0 Å². The number of hydrogen-bond acceptors (Lipinski definition) is 3. The minimum Gasteiger partial charge on any atom is -0.326 e. The van der Waals surface area contributed by atoms with Gasteiger partial charge in [0.1, 0.15) is 0 Å². The van der Waals surface area contributed by atoms with Crippen molar-refractivity contribution in [2.75, 3.05) is 11.9 Å². The fourth-order valence-corrected chi connectivity index (χ4v) is 3.71. The number of aryl methyl sites for hydroxylation is 2. The van der Waals surface area contributed by atoms with Crippen LogP contribution in [0, 0.1) is 25.7 Å². The third-order valence-corrected chi connectivity index (χ3v) is 5.29. The number of hydrogen-bond donors (Lipinski definition) is 1. The Bertz CT molecular complexity index is 659. The van der Waals surface area contributed by atoms with Gasteiger partial charge in [0.05, 0.1) is 11.8 Å². The lowest BCUT2D eigenvalue weighted by Gasteiger charge is -2.19. The molecule has 2 unspecified atom stereocenters. The Morgan fingerprint density at radius 3 is 2.29 bits per heavy atom. The van der Waals surface area contributed by atoms with Crippen LogP contribution in [0.2, 0.25) is 0 Å².